The highest BCUT2D eigenvalue weighted by atomic mass is 19.1. The molecule has 0 aliphatic carbocycles. The van der Waals surface area contributed by atoms with Crippen LogP contribution in [0.15, 0.2) is 42.5 Å². The van der Waals surface area contributed by atoms with Crippen molar-refractivity contribution in [3.8, 4) is 5.75 Å². The van der Waals surface area contributed by atoms with Crippen molar-refractivity contribution in [1.29, 1.82) is 0 Å². The highest BCUT2D eigenvalue weighted by Gasteiger charge is 2.36. The van der Waals surface area contributed by atoms with E-state index in [4.69, 9.17) is 9.47 Å². The second-order valence-electron chi connectivity index (χ2n) is 6.57. The third kappa shape index (κ3) is 4.27. The monoisotopic (exact) mass is 371 g/mol. The van der Waals surface area contributed by atoms with E-state index in [1.54, 1.807) is 17.0 Å². The topological polar surface area (TPSA) is 55.8 Å². The lowest BCUT2D eigenvalue weighted by Crippen LogP contribution is -2.27. The summed E-state index contributed by atoms with van der Waals surface area (Å²) in [5, 5.41) is 0. The Labute approximate surface area is 157 Å². The summed E-state index contributed by atoms with van der Waals surface area (Å²) < 4.78 is 23.9. The predicted octanol–water partition coefficient (Wildman–Crippen LogP) is 3.42. The number of hydrogen-bond donors (Lipinski definition) is 0. The van der Waals surface area contributed by atoms with Gasteiger partial charge in [-0.25, -0.2) is 4.39 Å². The lowest BCUT2D eigenvalue weighted by molar-refractivity contribution is -0.149. The largest absolute Gasteiger partial charge is 0.487 e. The number of aryl methyl sites for hydroxylation is 1. The number of ether oxygens (including phenoxy) is 2. The minimum atomic E-state index is -0.508. The van der Waals surface area contributed by atoms with Gasteiger partial charge in [0.1, 0.15) is 13.2 Å². The number of esters is 1. The number of hydrogen-bond acceptors (Lipinski definition) is 4. The molecule has 142 valence electrons. The molecule has 1 unspecified atom stereocenters. The van der Waals surface area contributed by atoms with E-state index in [1.807, 2.05) is 32.0 Å². The van der Waals surface area contributed by atoms with Crippen molar-refractivity contribution in [3.63, 3.8) is 0 Å². The van der Waals surface area contributed by atoms with E-state index < -0.39 is 17.7 Å². The molecule has 1 amide bonds. The van der Waals surface area contributed by atoms with Crippen LogP contribution in [0.2, 0.25) is 0 Å². The van der Waals surface area contributed by atoms with E-state index in [9.17, 15) is 14.0 Å². The number of benzene rings is 2. The lowest BCUT2D eigenvalue weighted by Gasteiger charge is -2.20. The van der Waals surface area contributed by atoms with Crippen molar-refractivity contribution in [2.75, 3.05) is 24.7 Å². The van der Waals surface area contributed by atoms with Crippen LogP contribution >= 0.6 is 0 Å². The summed E-state index contributed by atoms with van der Waals surface area (Å²) in [7, 11) is 0. The van der Waals surface area contributed by atoms with Gasteiger partial charge in [0.2, 0.25) is 5.91 Å². The fourth-order valence-corrected chi connectivity index (χ4v) is 3.10. The Bertz CT molecular complexity index is 852. The molecule has 1 aliphatic rings. The standard InChI is InChI=1S/C21H22FNO4/c1-14-6-5-8-18(15(14)2)23-13-16(12-20(23)24)21(25)27-11-10-26-19-9-4-3-7-17(19)22/h3-9,16H,10-13H2,1-2H3. The van der Waals surface area contributed by atoms with Crippen LogP contribution in [-0.4, -0.2) is 31.6 Å². The van der Waals surface area contributed by atoms with Gasteiger partial charge in [0.25, 0.3) is 0 Å². The Morgan fingerprint density at radius 1 is 1.15 bits per heavy atom. The molecule has 2 aromatic rings. The molecule has 0 saturated carbocycles. The second-order valence-corrected chi connectivity index (χ2v) is 6.57. The molecule has 0 spiro atoms. The van der Waals surface area contributed by atoms with Crippen molar-refractivity contribution in [2.24, 2.45) is 5.92 Å². The predicted molar refractivity (Wildman–Crippen MR) is 99.2 cm³/mol. The quantitative estimate of drug-likeness (QED) is 0.577. The van der Waals surface area contributed by atoms with Gasteiger partial charge < -0.3 is 14.4 Å². The van der Waals surface area contributed by atoms with Crippen LogP contribution in [0.4, 0.5) is 10.1 Å². The molecule has 0 N–H and O–H groups in total. The van der Waals surface area contributed by atoms with Gasteiger partial charge >= 0.3 is 5.97 Å². The first-order chi connectivity index (χ1) is 13.0. The third-order valence-corrected chi connectivity index (χ3v) is 4.75. The summed E-state index contributed by atoms with van der Waals surface area (Å²) in [6.07, 6.45) is 0.125. The molecule has 0 bridgehead atoms. The van der Waals surface area contributed by atoms with Crippen LogP contribution in [0.1, 0.15) is 17.5 Å². The maximum atomic E-state index is 13.5. The third-order valence-electron chi connectivity index (χ3n) is 4.75. The number of halogens is 1. The Morgan fingerprint density at radius 3 is 2.70 bits per heavy atom. The fraction of sp³-hybridized carbons (Fsp3) is 0.333. The summed E-state index contributed by atoms with van der Waals surface area (Å²) in [6, 6.07) is 11.8. The SMILES string of the molecule is Cc1cccc(N2CC(C(=O)OCCOc3ccccc3F)CC2=O)c1C. The smallest absolute Gasteiger partial charge is 0.311 e. The van der Waals surface area contributed by atoms with E-state index in [0.29, 0.717) is 6.54 Å². The van der Waals surface area contributed by atoms with Crippen LogP contribution in [0.3, 0.4) is 0 Å². The highest BCUT2D eigenvalue weighted by molar-refractivity contribution is 6.00. The second kappa shape index (κ2) is 8.20. The molecule has 1 fully saturated rings. The van der Waals surface area contributed by atoms with Gasteiger partial charge in [-0.3, -0.25) is 9.59 Å². The molecule has 1 heterocycles. The van der Waals surface area contributed by atoms with Gasteiger partial charge in [0.05, 0.1) is 5.92 Å². The number of nitrogens with zero attached hydrogens (tertiary/aromatic N) is 1. The summed E-state index contributed by atoms with van der Waals surface area (Å²) in [5.41, 5.74) is 2.95. The summed E-state index contributed by atoms with van der Waals surface area (Å²) in [4.78, 5) is 26.3. The molecule has 0 radical (unpaired) electrons. The van der Waals surface area contributed by atoms with Gasteiger partial charge in [-0.15, -0.1) is 0 Å². The first-order valence-corrected chi connectivity index (χ1v) is 8.88. The van der Waals surface area contributed by atoms with E-state index in [1.165, 1.54) is 12.1 Å². The zero-order chi connectivity index (χ0) is 19.4. The summed E-state index contributed by atoms with van der Waals surface area (Å²) >= 11 is 0. The van der Waals surface area contributed by atoms with Crippen molar-refractivity contribution >= 4 is 17.6 Å². The molecule has 6 heteroatoms. The molecule has 1 saturated heterocycles. The van der Waals surface area contributed by atoms with Gasteiger partial charge in [0.15, 0.2) is 11.6 Å². The van der Waals surface area contributed by atoms with Gasteiger partial charge in [-0.1, -0.05) is 24.3 Å². The Hall–Kier alpha value is -2.89. The highest BCUT2D eigenvalue weighted by Crippen LogP contribution is 2.29. The van der Waals surface area contributed by atoms with Crippen LogP contribution < -0.4 is 9.64 Å². The molecule has 0 aromatic heterocycles. The number of rotatable bonds is 6. The number of carbonyl (C=O) groups excluding carboxylic acids is 2. The molecule has 5 nitrogen and oxygen atoms in total. The molecule has 1 atom stereocenters. The number of carbonyl (C=O) groups is 2. The van der Waals surface area contributed by atoms with E-state index in [-0.39, 0.29) is 31.3 Å². The van der Waals surface area contributed by atoms with Crippen molar-refractivity contribution < 1.29 is 23.5 Å². The summed E-state index contributed by atoms with van der Waals surface area (Å²) in [5.74, 6) is -1.38. The zero-order valence-corrected chi connectivity index (χ0v) is 15.4. The van der Waals surface area contributed by atoms with Gasteiger partial charge in [0, 0.05) is 18.7 Å². The van der Waals surface area contributed by atoms with Crippen LogP contribution in [-0.2, 0) is 14.3 Å². The first kappa shape index (κ1) is 18.9. The maximum absolute atomic E-state index is 13.5. The summed E-state index contributed by atoms with van der Waals surface area (Å²) in [6.45, 7) is 4.30. The molecule has 1 aliphatic heterocycles. The van der Waals surface area contributed by atoms with E-state index in [2.05, 4.69) is 0 Å². The van der Waals surface area contributed by atoms with Crippen molar-refractivity contribution in [2.45, 2.75) is 20.3 Å². The van der Waals surface area contributed by atoms with Gasteiger partial charge in [-0.05, 0) is 43.2 Å². The van der Waals surface area contributed by atoms with E-state index >= 15 is 0 Å². The Balaban J connectivity index is 1.52. The number of amides is 1. The normalized spacial score (nSPS) is 16.5. The first-order valence-electron chi connectivity index (χ1n) is 8.88. The minimum Gasteiger partial charge on any atom is -0.487 e. The average molecular weight is 371 g/mol. The fourth-order valence-electron chi connectivity index (χ4n) is 3.10. The molecular formula is C21H22FNO4. The lowest BCUT2D eigenvalue weighted by atomic mass is 10.1. The molecule has 2 aromatic carbocycles. The minimum absolute atomic E-state index is 0.00132. The number of anilines is 1. The Kier molecular flexibility index (Phi) is 5.74. The average Bonchev–Trinajstić information content (AvgIpc) is 3.04. The zero-order valence-electron chi connectivity index (χ0n) is 15.4. The van der Waals surface area contributed by atoms with Crippen molar-refractivity contribution in [1.82, 2.24) is 0 Å². The number of para-hydroxylation sites is 1. The molecule has 3 rings (SSSR count). The molecular weight excluding hydrogens is 349 g/mol. The van der Waals surface area contributed by atoms with Crippen LogP contribution in [0, 0.1) is 25.6 Å². The Morgan fingerprint density at radius 2 is 1.93 bits per heavy atom. The van der Waals surface area contributed by atoms with Crippen LogP contribution in [0.25, 0.3) is 0 Å². The van der Waals surface area contributed by atoms with Gasteiger partial charge in [-0.2, -0.15) is 0 Å². The maximum Gasteiger partial charge on any atom is 0.311 e. The van der Waals surface area contributed by atoms with Crippen LogP contribution in [0.5, 0.6) is 5.75 Å². The molecule has 27 heavy (non-hydrogen) atoms. The van der Waals surface area contributed by atoms with E-state index in [0.717, 1.165) is 16.8 Å². The van der Waals surface area contributed by atoms with Crippen molar-refractivity contribution in [3.05, 3.63) is 59.4 Å².